The van der Waals surface area contributed by atoms with Gasteiger partial charge in [-0.2, -0.15) is 4.31 Å². The van der Waals surface area contributed by atoms with Crippen molar-refractivity contribution in [1.82, 2.24) is 13.9 Å². The number of nitrogens with zero attached hydrogens (tertiary/aromatic N) is 4. The van der Waals surface area contributed by atoms with Gasteiger partial charge in [0.15, 0.2) is 5.82 Å². The van der Waals surface area contributed by atoms with Crippen LogP contribution in [0.5, 0.6) is 0 Å². The third-order valence-corrected chi connectivity index (χ3v) is 7.16. The molecule has 10 heteroatoms. The van der Waals surface area contributed by atoms with E-state index in [1.165, 1.54) is 22.5 Å². The standard InChI is InChI=1S/C18H22Cl2N4O3S/c1-13(2)12-23-6-5-21-17(18(23)25)22-7-9-24(10-8-22)28(26,27)14-3-4-15(19)16(20)11-14/h3-6,11,13H,7-10,12H2,1-2H3. The van der Waals surface area contributed by atoms with Gasteiger partial charge in [-0.25, -0.2) is 13.4 Å². The van der Waals surface area contributed by atoms with Gasteiger partial charge in [0.1, 0.15) is 0 Å². The highest BCUT2D eigenvalue weighted by Crippen LogP contribution is 2.27. The molecular weight excluding hydrogens is 423 g/mol. The molecule has 1 saturated heterocycles. The molecule has 152 valence electrons. The number of rotatable bonds is 5. The lowest BCUT2D eigenvalue weighted by Gasteiger charge is -2.34. The van der Waals surface area contributed by atoms with Crippen molar-refractivity contribution in [2.24, 2.45) is 5.92 Å². The number of hydrogen-bond acceptors (Lipinski definition) is 5. The van der Waals surface area contributed by atoms with E-state index in [4.69, 9.17) is 23.2 Å². The van der Waals surface area contributed by atoms with Crippen LogP contribution in [0, 0.1) is 5.92 Å². The first kappa shape index (κ1) is 21.1. The van der Waals surface area contributed by atoms with E-state index in [2.05, 4.69) is 4.98 Å². The summed E-state index contributed by atoms with van der Waals surface area (Å²) in [6, 6.07) is 4.27. The van der Waals surface area contributed by atoms with Gasteiger partial charge in [-0.3, -0.25) is 4.79 Å². The fourth-order valence-corrected chi connectivity index (χ4v) is 4.93. The summed E-state index contributed by atoms with van der Waals surface area (Å²) in [4.78, 5) is 18.8. The molecule has 0 atom stereocenters. The molecule has 7 nitrogen and oxygen atoms in total. The number of halogens is 2. The zero-order valence-corrected chi connectivity index (χ0v) is 18.0. The lowest BCUT2D eigenvalue weighted by molar-refractivity contribution is 0.382. The van der Waals surface area contributed by atoms with Crippen LogP contribution in [-0.4, -0.2) is 48.5 Å². The van der Waals surface area contributed by atoms with Crippen LogP contribution < -0.4 is 10.5 Å². The van der Waals surface area contributed by atoms with Gasteiger partial charge in [0.25, 0.3) is 5.56 Å². The molecule has 0 saturated carbocycles. The number of anilines is 1. The largest absolute Gasteiger partial charge is 0.349 e. The molecule has 0 spiro atoms. The molecule has 28 heavy (non-hydrogen) atoms. The lowest BCUT2D eigenvalue weighted by atomic mass is 10.2. The third kappa shape index (κ3) is 4.35. The Labute approximate surface area is 174 Å². The smallest absolute Gasteiger partial charge is 0.293 e. The minimum Gasteiger partial charge on any atom is -0.349 e. The molecule has 2 heterocycles. The van der Waals surface area contributed by atoms with Gasteiger partial charge in [-0.05, 0) is 24.1 Å². The quantitative estimate of drug-likeness (QED) is 0.708. The van der Waals surface area contributed by atoms with Gasteiger partial charge in [0.05, 0.1) is 14.9 Å². The van der Waals surface area contributed by atoms with Crippen LogP contribution in [0.2, 0.25) is 10.0 Å². The summed E-state index contributed by atoms with van der Waals surface area (Å²) in [5.74, 6) is 0.691. The van der Waals surface area contributed by atoms with Gasteiger partial charge < -0.3 is 9.47 Å². The second kappa shape index (κ2) is 8.41. The van der Waals surface area contributed by atoms with Crippen LogP contribution in [0.4, 0.5) is 5.82 Å². The van der Waals surface area contributed by atoms with Crippen molar-refractivity contribution in [3.63, 3.8) is 0 Å². The van der Waals surface area contributed by atoms with Gasteiger partial charge in [-0.15, -0.1) is 0 Å². The van der Waals surface area contributed by atoms with E-state index in [9.17, 15) is 13.2 Å². The highest BCUT2D eigenvalue weighted by Gasteiger charge is 2.30. The van der Waals surface area contributed by atoms with Gasteiger partial charge >= 0.3 is 0 Å². The second-order valence-corrected chi connectivity index (χ2v) is 9.82. The van der Waals surface area contributed by atoms with Crippen LogP contribution >= 0.6 is 23.2 Å². The molecule has 3 rings (SSSR count). The van der Waals surface area contributed by atoms with Crippen LogP contribution in [0.3, 0.4) is 0 Å². The number of benzene rings is 1. The Bertz CT molecular complexity index is 1020. The Morgan fingerprint density at radius 1 is 1.11 bits per heavy atom. The fourth-order valence-electron chi connectivity index (χ4n) is 3.12. The van der Waals surface area contributed by atoms with E-state index in [-0.39, 0.29) is 28.6 Å². The van der Waals surface area contributed by atoms with E-state index < -0.39 is 10.0 Å². The number of sulfonamides is 1. The van der Waals surface area contributed by atoms with Crippen LogP contribution in [0.15, 0.2) is 40.3 Å². The van der Waals surface area contributed by atoms with E-state index in [1.54, 1.807) is 17.0 Å². The molecule has 1 aliphatic rings. The molecule has 1 aromatic carbocycles. The van der Waals surface area contributed by atoms with Crippen LogP contribution in [0.25, 0.3) is 0 Å². The Morgan fingerprint density at radius 2 is 1.79 bits per heavy atom. The molecule has 0 unspecified atom stereocenters. The first-order valence-corrected chi connectivity index (χ1v) is 11.2. The second-order valence-electron chi connectivity index (χ2n) is 7.07. The summed E-state index contributed by atoms with van der Waals surface area (Å²) in [7, 11) is -3.68. The van der Waals surface area contributed by atoms with Crippen molar-refractivity contribution in [2.45, 2.75) is 25.3 Å². The average molecular weight is 445 g/mol. The first-order valence-electron chi connectivity index (χ1n) is 8.95. The Kier molecular flexibility index (Phi) is 6.34. The molecule has 0 bridgehead atoms. The summed E-state index contributed by atoms with van der Waals surface area (Å²) in [6.45, 7) is 5.97. The fraction of sp³-hybridized carbons (Fsp3) is 0.444. The Balaban J connectivity index is 1.76. The number of piperazine rings is 1. The highest BCUT2D eigenvalue weighted by atomic mass is 35.5. The molecule has 0 amide bonds. The monoisotopic (exact) mass is 444 g/mol. The zero-order valence-electron chi connectivity index (χ0n) is 15.7. The molecule has 1 fully saturated rings. The van der Waals surface area contributed by atoms with Crippen molar-refractivity contribution >= 4 is 39.0 Å². The van der Waals surface area contributed by atoms with E-state index in [1.807, 2.05) is 18.7 Å². The summed E-state index contributed by atoms with van der Waals surface area (Å²) < 4.78 is 28.8. The Hall–Kier alpha value is -1.61. The maximum atomic E-state index is 12.9. The van der Waals surface area contributed by atoms with Gasteiger partial charge in [0.2, 0.25) is 10.0 Å². The zero-order chi connectivity index (χ0) is 20.5. The van der Waals surface area contributed by atoms with Crippen molar-refractivity contribution < 1.29 is 8.42 Å². The minimum absolute atomic E-state index is 0.104. The summed E-state index contributed by atoms with van der Waals surface area (Å²) in [5, 5.41) is 0.499. The van der Waals surface area contributed by atoms with Gasteiger partial charge in [0, 0.05) is 45.1 Å². The highest BCUT2D eigenvalue weighted by molar-refractivity contribution is 7.89. The average Bonchev–Trinajstić information content (AvgIpc) is 2.65. The van der Waals surface area contributed by atoms with Crippen LogP contribution in [0.1, 0.15) is 13.8 Å². The van der Waals surface area contributed by atoms with Crippen molar-refractivity contribution in [2.75, 3.05) is 31.1 Å². The molecule has 0 N–H and O–H groups in total. The topological polar surface area (TPSA) is 75.5 Å². The van der Waals surface area contributed by atoms with Crippen molar-refractivity contribution in [3.05, 3.63) is 51.0 Å². The lowest BCUT2D eigenvalue weighted by Crippen LogP contribution is -2.50. The third-order valence-electron chi connectivity index (χ3n) is 4.52. The molecule has 2 aromatic rings. The number of aromatic nitrogens is 2. The maximum absolute atomic E-state index is 12.9. The molecule has 0 aliphatic carbocycles. The molecule has 1 aromatic heterocycles. The summed E-state index contributed by atoms with van der Waals surface area (Å²) in [6.07, 6.45) is 3.29. The van der Waals surface area contributed by atoms with Crippen molar-refractivity contribution in [1.29, 1.82) is 0 Å². The Morgan fingerprint density at radius 3 is 2.39 bits per heavy atom. The van der Waals surface area contributed by atoms with Crippen LogP contribution in [-0.2, 0) is 16.6 Å². The molecular formula is C18H22Cl2N4O3S. The van der Waals surface area contributed by atoms with E-state index >= 15 is 0 Å². The molecule has 1 aliphatic heterocycles. The van der Waals surface area contributed by atoms with Crippen molar-refractivity contribution in [3.8, 4) is 0 Å². The number of hydrogen-bond donors (Lipinski definition) is 0. The summed E-state index contributed by atoms with van der Waals surface area (Å²) in [5.41, 5.74) is -0.156. The predicted molar refractivity (Wildman–Crippen MR) is 111 cm³/mol. The predicted octanol–water partition coefficient (Wildman–Crippen LogP) is 2.72. The van der Waals surface area contributed by atoms with E-state index in [0.29, 0.717) is 36.4 Å². The first-order chi connectivity index (χ1) is 13.2. The molecule has 0 radical (unpaired) electrons. The maximum Gasteiger partial charge on any atom is 0.293 e. The normalized spacial score (nSPS) is 16.0. The van der Waals surface area contributed by atoms with Gasteiger partial charge in [-0.1, -0.05) is 37.0 Å². The van der Waals surface area contributed by atoms with E-state index in [0.717, 1.165) is 0 Å². The minimum atomic E-state index is -3.68. The SMILES string of the molecule is CC(C)Cn1ccnc(N2CCN(S(=O)(=O)c3ccc(Cl)c(Cl)c3)CC2)c1=O. The summed E-state index contributed by atoms with van der Waals surface area (Å²) >= 11 is 11.8.